The van der Waals surface area contributed by atoms with Crippen molar-refractivity contribution in [3.63, 3.8) is 0 Å². The normalized spacial score (nSPS) is 37.0. The molecule has 3 rings (SSSR count). The number of carboxylic acids is 1. The predicted molar refractivity (Wildman–Crippen MR) is 65.9 cm³/mol. The number of allylic oxidation sites excluding steroid dienone is 2. The van der Waals surface area contributed by atoms with Crippen molar-refractivity contribution in [2.24, 2.45) is 29.6 Å². The van der Waals surface area contributed by atoms with E-state index in [1.54, 1.807) is 6.92 Å². The Morgan fingerprint density at radius 3 is 2.26 bits per heavy atom. The molecule has 5 unspecified atom stereocenters. The van der Waals surface area contributed by atoms with E-state index in [9.17, 15) is 14.4 Å². The third-order valence-electron chi connectivity index (χ3n) is 4.81. The van der Waals surface area contributed by atoms with Crippen LogP contribution in [0.1, 0.15) is 19.8 Å². The number of fused-ring (bicyclic) bond motifs is 5. The molecule has 1 saturated heterocycles. The number of imide groups is 1. The first-order valence-electron chi connectivity index (χ1n) is 6.81. The van der Waals surface area contributed by atoms with Gasteiger partial charge in [-0.05, 0) is 24.7 Å². The van der Waals surface area contributed by atoms with Gasteiger partial charge in [0, 0.05) is 6.54 Å². The van der Waals surface area contributed by atoms with Gasteiger partial charge in [-0.3, -0.25) is 19.3 Å². The number of hydrogen-bond acceptors (Lipinski definition) is 3. The minimum absolute atomic E-state index is 0.0238. The van der Waals surface area contributed by atoms with E-state index in [1.807, 2.05) is 12.2 Å². The summed E-state index contributed by atoms with van der Waals surface area (Å²) in [5.74, 6) is -2.01. The van der Waals surface area contributed by atoms with Crippen LogP contribution in [0.2, 0.25) is 0 Å². The summed E-state index contributed by atoms with van der Waals surface area (Å²) in [5.41, 5.74) is 0. The maximum Gasteiger partial charge on any atom is 0.308 e. The van der Waals surface area contributed by atoms with E-state index in [2.05, 4.69) is 0 Å². The number of aliphatic carboxylic acids is 1. The lowest BCUT2D eigenvalue weighted by molar-refractivity contribution is -0.146. The molecule has 0 aromatic heterocycles. The fourth-order valence-corrected chi connectivity index (χ4v) is 3.75. The van der Waals surface area contributed by atoms with Gasteiger partial charge in [0.2, 0.25) is 11.8 Å². The molecule has 5 atom stereocenters. The molecule has 0 aromatic carbocycles. The predicted octanol–water partition coefficient (Wildman–Crippen LogP) is 0.904. The summed E-state index contributed by atoms with van der Waals surface area (Å²) in [7, 11) is 0. The lowest BCUT2D eigenvalue weighted by atomic mass is 9.85. The van der Waals surface area contributed by atoms with E-state index in [0.717, 1.165) is 6.42 Å². The molecule has 5 nitrogen and oxygen atoms in total. The Bertz CT molecular complexity index is 454. The van der Waals surface area contributed by atoms with Gasteiger partial charge in [0.15, 0.2) is 0 Å². The summed E-state index contributed by atoms with van der Waals surface area (Å²) in [6.45, 7) is 1.78. The molecule has 0 aromatic rings. The molecule has 3 aliphatic rings. The molecule has 1 saturated carbocycles. The van der Waals surface area contributed by atoms with Crippen molar-refractivity contribution in [1.82, 2.24) is 4.90 Å². The molecule has 5 heteroatoms. The molecule has 1 N–H and O–H groups in total. The summed E-state index contributed by atoms with van der Waals surface area (Å²) in [5, 5.41) is 9.06. The molecular weight excluding hydrogens is 246 g/mol. The van der Waals surface area contributed by atoms with Crippen LogP contribution in [-0.4, -0.2) is 34.3 Å². The van der Waals surface area contributed by atoms with Gasteiger partial charge in [-0.15, -0.1) is 0 Å². The number of carbonyl (C=O) groups is 3. The number of amides is 2. The minimum Gasteiger partial charge on any atom is -0.481 e. The second-order valence-electron chi connectivity index (χ2n) is 5.73. The maximum absolute atomic E-state index is 12.3. The van der Waals surface area contributed by atoms with Crippen molar-refractivity contribution < 1.29 is 19.5 Å². The molecule has 19 heavy (non-hydrogen) atoms. The summed E-state index contributed by atoms with van der Waals surface area (Å²) in [6.07, 6.45) is 5.40. The Balaban J connectivity index is 1.81. The van der Waals surface area contributed by atoms with E-state index in [1.165, 1.54) is 4.90 Å². The number of likely N-dealkylation sites (tertiary alicyclic amines) is 1. The van der Waals surface area contributed by atoms with Gasteiger partial charge < -0.3 is 5.11 Å². The first-order chi connectivity index (χ1) is 9.04. The van der Waals surface area contributed by atoms with Gasteiger partial charge in [-0.1, -0.05) is 19.1 Å². The second-order valence-corrected chi connectivity index (χ2v) is 5.73. The third kappa shape index (κ3) is 1.64. The maximum atomic E-state index is 12.3. The topological polar surface area (TPSA) is 74.7 Å². The van der Waals surface area contributed by atoms with E-state index in [0.29, 0.717) is 6.42 Å². The number of carboxylic acid groups (broad SMARTS) is 1. The highest BCUT2D eigenvalue weighted by atomic mass is 16.4. The molecule has 2 bridgehead atoms. The average molecular weight is 263 g/mol. The molecular formula is C14H17NO4. The van der Waals surface area contributed by atoms with E-state index < -0.39 is 11.9 Å². The van der Waals surface area contributed by atoms with Crippen molar-refractivity contribution in [3.05, 3.63) is 12.2 Å². The number of hydrogen-bond donors (Lipinski definition) is 1. The highest BCUT2D eigenvalue weighted by molar-refractivity contribution is 6.06. The number of carbonyl (C=O) groups excluding carboxylic acids is 2. The fourth-order valence-electron chi connectivity index (χ4n) is 3.75. The lowest BCUT2D eigenvalue weighted by Crippen LogP contribution is -2.39. The van der Waals surface area contributed by atoms with Gasteiger partial charge in [0.25, 0.3) is 0 Å². The van der Waals surface area contributed by atoms with Crippen molar-refractivity contribution in [3.8, 4) is 0 Å². The summed E-state index contributed by atoms with van der Waals surface area (Å²) in [4.78, 5) is 36.9. The molecule has 0 spiro atoms. The van der Waals surface area contributed by atoms with E-state index in [-0.39, 0.29) is 42.0 Å². The molecule has 2 fully saturated rings. The van der Waals surface area contributed by atoms with E-state index in [4.69, 9.17) is 5.11 Å². The Morgan fingerprint density at radius 2 is 1.84 bits per heavy atom. The Kier molecular flexibility index (Phi) is 2.73. The summed E-state index contributed by atoms with van der Waals surface area (Å²) in [6, 6.07) is 0. The van der Waals surface area contributed by atoms with Crippen LogP contribution in [0.3, 0.4) is 0 Å². The zero-order valence-corrected chi connectivity index (χ0v) is 10.8. The molecule has 1 aliphatic heterocycles. The fraction of sp³-hybridized carbons (Fsp3) is 0.643. The van der Waals surface area contributed by atoms with Crippen molar-refractivity contribution in [2.45, 2.75) is 19.8 Å². The van der Waals surface area contributed by atoms with Crippen LogP contribution in [0.25, 0.3) is 0 Å². The smallest absolute Gasteiger partial charge is 0.308 e. The molecule has 2 aliphatic carbocycles. The summed E-state index contributed by atoms with van der Waals surface area (Å²) >= 11 is 0. The largest absolute Gasteiger partial charge is 0.481 e. The molecule has 0 radical (unpaired) electrons. The van der Waals surface area contributed by atoms with E-state index >= 15 is 0 Å². The van der Waals surface area contributed by atoms with Crippen molar-refractivity contribution in [1.29, 1.82) is 0 Å². The molecule has 2 amide bonds. The van der Waals surface area contributed by atoms with Crippen molar-refractivity contribution >= 4 is 17.8 Å². The quantitative estimate of drug-likeness (QED) is 0.604. The average Bonchev–Trinajstić information content (AvgIpc) is 3.03. The zero-order valence-electron chi connectivity index (χ0n) is 10.8. The van der Waals surface area contributed by atoms with Crippen LogP contribution < -0.4 is 0 Å². The van der Waals surface area contributed by atoms with Crippen LogP contribution in [-0.2, 0) is 14.4 Å². The van der Waals surface area contributed by atoms with Gasteiger partial charge in [0.1, 0.15) is 0 Å². The van der Waals surface area contributed by atoms with Gasteiger partial charge in [0.05, 0.1) is 17.8 Å². The van der Waals surface area contributed by atoms with Crippen LogP contribution in [0, 0.1) is 29.6 Å². The SMILES string of the molecule is CCC(CN1C(=O)C2C3C=CC(C3)C2C1=O)C(=O)O. The third-order valence-corrected chi connectivity index (χ3v) is 4.81. The zero-order chi connectivity index (χ0) is 13.7. The highest BCUT2D eigenvalue weighted by Gasteiger charge is 2.59. The second kappa shape index (κ2) is 4.18. The molecule has 102 valence electrons. The van der Waals surface area contributed by atoms with Crippen LogP contribution in [0.5, 0.6) is 0 Å². The van der Waals surface area contributed by atoms with Crippen LogP contribution >= 0.6 is 0 Å². The van der Waals surface area contributed by atoms with Gasteiger partial charge in [-0.2, -0.15) is 0 Å². The van der Waals surface area contributed by atoms with Gasteiger partial charge >= 0.3 is 5.97 Å². The standard InChI is InChI=1S/C14H17NO4/c1-2-7(14(18)19)6-15-12(16)10-8-3-4-9(5-8)11(10)13(15)17/h3-4,7-11H,2,5-6H2,1H3,(H,18,19). The molecule has 1 heterocycles. The minimum atomic E-state index is -0.943. The highest BCUT2D eigenvalue weighted by Crippen LogP contribution is 2.52. The van der Waals surface area contributed by atoms with Crippen LogP contribution in [0.15, 0.2) is 12.2 Å². The Hall–Kier alpha value is -1.65. The monoisotopic (exact) mass is 263 g/mol. The summed E-state index contributed by atoms with van der Waals surface area (Å²) < 4.78 is 0. The Labute approximate surface area is 111 Å². The lowest BCUT2D eigenvalue weighted by Gasteiger charge is -2.20. The first kappa shape index (κ1) is 12.4. The Morgan fingerprint density at radius 1 is 1.32 bits per heavy atom. The van der Waals surface area contributed by atoms with Crippen molar-refractivity contribution in [2.75, 3.05) is 6.54 Å². The first-order valence-corrected chi connectivity index (χ1v) is 6.81. The van der Waals surface area contributed by atoms with Gasteiger partial charge in [-0.25, -0.2) is 0 Å². The van der Waals surface area contributed by atoms with Crippen LogP contribution in [0.4, 0.5) is 0 Å². The number of rotatable bonds is 4. The number of nitrogens with zero attached hydrogens (tertiary/aromatic N) is 1.